The Balaban J connectivity index is 2.10. The number of hydrogen-bond acceptors (Lipinski definition) is 6. The van der Waals surface area contributed by atoms with Crippen LogP contribution < -0.4 is 4.74 Å². The van der Waals surface area contributed by atoms with Gasteiger partial charge in [0.1, 0.15) is 11.4 Å². The molecule has 1 amide bonds. The summed E-state index contributed by atoms with van der Waals surface area (Å²) in [5.41, 5.74) is 0.770. The van der Waals surface area contributed by atoms with Crippen LogP contribution in [0.4, 0.5) is 0 Å². The van der Waals surface area contributed by atoms with Gasteiger partial charge in [-0.3, -0.25) is 4.79 Å². The Morgan fingerprint density at radius 3 is 2.86 bits per heavy atom. The fourth-order valence-electron chi connectivity index (χ4n) is 1.68. The van der Waals surface area contributed by atoms with Crippen molar-refractivity contribution in [2.45, 2.75) is 11.6 Å². The minimum atomic E-state index is 0.0822. The first-order valence-corrected chi connectivity index (χ1v) is 7.36. The van der Waals surface area contributed by atoms with Crippen LogP contribution >= 0.6 is 11.8 Å². The zero-order valence-electron chi connectivity index (χ0n) is 12.2. The third-order valence-corrected chi connectivity index (χ3v) is 3.72. The minimum Gasteiger partial charge on any atom is -0.494 e. The van der Waals surface area contributed by atoms with E-state index in [2.05, 4.69) is 15.5 Å². The van der Waals surface area contributed by atoms with Gasteiger partial charge in [-0.25, -0.2) is 0 Å². The largest absolute Gasteiger partial charge is 0.494 e. The number of carbonyl (C=O) groups is 1. The summed E-state index contributed by atoms with van der Waals surface area (Å²) in [6, 6.07) is 7.50. The van der Waals surface area contributed by atoms with Crippen LogP contribution in [0.5, 0.6) is 5.75 Å². The van der Waals surface area contributed by atoms with E-state index >= 15 is 0 Å². The quantitative estimate of drug-likeness (QED) is 0.748. The van der Waals surface area contributed by atoms with Crippen molar-refractivity contribution >= 4 is 17.7 Å². The topological polar surface area (TPSA) is 73.1 Å². The van der Waals surface area contributed by atoms with E-state index in [0.717, 1.165) is 5.69 Å². The number of thioether (sulfide) groups is 1. The number of amides is 1. The molecule has 0 saturated carbocycles. The van der Waals surface area contributed by atoms with Gasteiger partial charge in [0, 0.05) is 26.3 Å². The average Bonchev–Trinajstić information content (AvgIpc) is 2.95. The van der Waals surface area contributed by atoms with Crippen molar-refractivity contribution in [3.05, 3.63) is 24.3 Å². The fourth-order valence-corrected chi connectivity index (χ4v) is 2.49. The van der Waals surface area contributed by atoms with Gasteiger partial charge in [-0.1, -0.05) is 23.9 Å². The van der Waals surface area contributed by atoms with E-state index < -0.39 is 0 Å². The lowest BCUT2D eigenvalue weighted by Gasteiger charge is -2.10. The first-order chi connectivity index (χ1) is 10.1. The zero-order valence-corrected chi connectivity index (χ0v) is 13.0. The van der Waals surface area contributed by atoms with Gasteiger partial charge < -0.3 is 9.64 Å². The SMILES string of the molecule is COc1ccccc1-n1nnnc1SCCC(=O)N(C)C. The first-order valence-electron chi connectivity index (χ1n) is 6.38. The Morgan fingerprint density at radius 2 is 2.14 bits per heavy atom. The maximum atomic E-state index is 11.6. The summed E-state index contributed by atoms with van der Waals surface area (Å²) in [5.74, 6) is 1.39. The molecule has 0 saturated heterocycles. The highest BCUT2D eigenvalue weighted by Gasteiger charge is 2.13. The van der Waals surface area contributed by atoms with Crippen LogP contribution in [-0.4, -0.2) is 58.0 Å². The molecule has 112 valence electrons. The average molecular weight is 307 g/mol. The summed E-state index contributed by atoms with van der Waals surface area (Å²) >= 11 is 1.44. The van der Waals surface area contributed by atoms with Crippen molar-refractivity contribution in [1.82, 2.24) is 25.1 Å². The second-order valence-electron chi connectivity index (χ2n) is 4.43. The second-order valence-corrected chi connectivity index (χ2v) is 5.49. The first kappa shape index (κ1) is 15.3. The molecule has 0 fully saturated rings. The van der Waals surface area contributed by atoms with Crippen molar-refractivity contribution in [3.63, 3.8) is 0 Å². The van der Waals surface area contributed by atoms with Crippen molar-refractivity contribution < 1.29 is 9.53 Å². The lowest BCUT2D eigenvalue weighted by atomic mass is 10.3. The monoisotopic (exact) mass is 307 g/mol. The van der Waals surface area contributed by atoms with Gasteiger partial charge in [0.05, 0.1) is 7.11 Å². The molecule has 2 aromatic rings. The van der Waals surface area contributed by atoms with Gasteiger partial charge in [-0.2, -0.15) is 4.68 Å². The number of nitrogens with zero attached hydrogens (tertiary/aromatic N) is 5. The maximum Gasteiger partial charge on any atom is 0.222 e. The van der Waals surface area contributed by atoms with E-state index in [1.165, 1.54) is 11.8 Å². The number of tetrazole rings is 1. The smallest absolute Gasteiger partial charge is 0.222 e. The summed E-state index contributed by atoms with van der Waals surface area (Å²) in [4.78, 5) is 13.1. The van der Waals surface area contributed by atoms with E-state index in [4.69, 9.17) is 4.74 Å². The third kappa shape index (κ3) is 3.72. The molecule has 0 unspecified atom stereocenters. The summed E-state index contributed by atoms with van der Waals surface area (Å²) in [5, 5.41) is 12.3. The Kier molecular flexibility index (Phi) is 5.15. The van der Waals surface area contributed by atoms with Gasteiger partial charge in [0.2, 0.25) is 11.1 Å². The molecule has 21 heavy (non-hydrogen) atoms. The van der Waals surface area contributed by atoms with Gasteiger partial charge in [0.15, 0.2) is 0 Å². The highest BCUT2D eigenvalue weighted by Crippen LogP contribution is 2.25. The summed E-state index contributed by atoms with van der Waals surface area (Å²) < 4.78 is 6.93. The summed E-state index contributed by atoms with van der Waals surface area (Å²) in [6.07, 6.45) is 0.441. The second kappa shape index (κ2) is 7.07. The van der Waals surface area contributed by atoms with E-state index in [1.807, 2.05) is 24.3 Å². The van der Waals surface area contributed by atoms with Gasteiger partial charge >= 0.3 is 0 Å². The van der Waals surface area contributed by atoms with Gasteiger partial charge in [-0.05, 0) is 22.6 Å². The number of rotatable bonds is 6. The maximum absolute atomic E-state index is 11.6. The number of ether oxygens (including phenoxy) is 1. The van der Waals surface area contributed by atoms with Crippen LogP contribution in [0.1, 0.15) is 6.42 Å². The number of aromatic nitrogens is 4. The van der Waals surface area contributed by atoms with Crippen LogP contribution in [0.15, 0.2) is 29.4 Å². The lowest BCUT2D eigenvalue weighted by molar-refractivity contribution is -0.128. The molecule has 1 aromatic heterocycles. The number of para-hydroxylation sites is 2. The van der Waals surface area contributed by atoms with E-state index in [-0.39, 0.29) is 5.91 Å². The molecule has 0 bridgehead atoms. The van der Waals surface area contributed by atoms with E-state index in [0.29, 0.717) is 23.1 Å². The van der Waals surface area contributed by atoms with Gasteiger partial charge in [0.25, 0.3) is 0 Å². The molecule has 0 radical (unpaired) electrons. The predicted molar refractivity (Wildman–Crippen MR) is 79.7 cm³/mol. The minimum absolute atomic E-state index is 0.0822. The molecule has 7 nitrogen and oxygen atoms in total. The molecule has 1 heterocycles. The lowest BCUT2D eigenvalue weighted by Crippen LogP contribution is -2.21. The summed E-state index contributed by atoms with van der Waals surface area (Å²) in [6.45, 7) is 0. The van der Waals surface area contributed by atoms with Crippen molar-refractivity contribution in [2.24, 2.45) is 0 Å². The van der Waals surface area contributed by atoms with Crippen molar-refractivity contribution in [3.8, 4) is 11.4 Å². The number of benzene rings is 1. The van der Waals surface area contributed by atoms with E-state index in [9.17, 15) is 4.79 Å². The van der Waals surface area contributed by atoms with Crippen molar-refractivity contribution in [2.75, 3.05) is 27.0 Å². The highest BCUT2D eigenvalue weighted by molar-refractivity contribution is 7.99. The molecule has 0 atom stereocenters. The molecule has 1 aromatic carbocycles. The standard InChI is InChI=1S/C13H17N5O2S/c1-17(2)12(19)8-9-21-13-14-15-16-18(13)10-6-4-5-7-11(10)20-3/h4-7H,8-9H2,1-3H3. The molecule has 0 aliphatic carbocycles. The van der Waals surface area contributed by atoms with Crippen LogP contribution in [0.25, 0.3) is 5.69 Å². The van der Waals surface area contributed by atoms with Crippen molar-refractivity contribution in [1.29, 1.82) is 0 Å². The molecule has 0 aliphatic rings. The molecule has 8 heteroatoms. The fraction of sp³-hybridized carbons (Fsp3) is 0.385. The normalized spacial score (nSPS) is 10.4. The number of methoxy groups -OCH3 is 1. The van der Waals surface area contributed by atoms with Crippen LogP contribution in [0, 0.1) is 0 Å². The van der Waals surface area contributed by atoms with Gasteiger partial charge in [-0.15, -0.1) is 5.10 Å². The number of carbonyl (C=O) groups excluding carboxylic acids is 1. The summed E-state index contributed by atoms with van der Waals surface area (Å²) in [7, 11) is 5.09. The Bertz CT molecular complexity index is 614. The Morgan fingerprint density at radius 1 is 1.38 bits per heavy atom. The molecule has 0 N–H and O–H groups in total. The third-order valence-electron chi connectivity index (χ3n) is 2.80. The molecular weight excluding hydrogens is 290 g/mol. The highest BCUT2D eigenvalue weighted by atomic mass is 32.2. The van der Waals surface area contributed by atoms with Crippen LogP contribution in [-0.2, 0) is 4.79 Å². The molecule has 2 rings (SSSR count). The van der Waals surface area contributed by atoms with Crippen LogP contribution in [0.3, 0.4) is 0 Å². The zero-order chi connectivity index (χ0) is 15.2. The Hall–Kier alpha value is -2.09. The molecule has 0 aliphatic heterocycles. The molecular formula is C13H17N5O2S. The van der Waals surface area contributed by atoms with E-state index in [1.54, 1.807) is 30.8 Å². The predicted octanol–water partition coefficient (Wildman–Crippen LogP) is 1.24. The number of hydrogen-bond donors (Lipinski definition) is 0. The van der Waals surface area contributed by atoms with Crippen LogP contribution in [0.2, 0.25) is 0 Å². The Labute approximate surface area is 127 Å². The molecule has 0 spiro atoms.